The molecule has 3 nitrogen and oxygen atoms in total. The molecule has 0 radical (unpaired) electrons. The van der Waals surface area contributed by atoms with Gasteiger partial charge in [0.15, 0.2) is 14.0 Å². The van der Waals surface area contributed by atoms with Crippen LogP contribution in [0.2, 0.25) is 5.02 Å². The molecule has 0 bridgehead atoms. The van der Waals surface area contributed by atoms with Crippen molar-refractivity contribution in [2.45, 2.75) is 30.6 Å². The van der Waals surface area contributed by atoms with E-state index in [1.807, 2.05) is 0 Å². The first kappa shape index (κ1) is 15.8. The summed E-state index contributed by atoms with van der Waals surface area (Å²) in [7, 11) is -3.60. The van der Waals surface area contributed by atoms with Crippen molar-refractivity contribution in [2.75, 3.05) is 5.75 Å². The molecule has 2 atom stereocenters. The van der Waals surface area contributed by atoms with Crippen LogP contribution in [0.1, 0.15) is 31.9 Å². The summed E-state index contributed by atoms with van der Waals surface area (Å²) in [6, 6.07) is 6.42. The van der Waals surface area contributed by atoms with Gasteiger partial charge in [0.05, 0.1) is 0 Å². The van der Waals surface area contributed by atoms with Gasteiger partial charge in [-0.05, 0) is 24.1 Å². The molecule has 0 saturated carbocycles. The van der Waals surface area contributed by atoms with Gasteiger partial charge < -0.3 is 5.11 Å². The van der Waals surface area contributed by atoms with Crippen LogP contribution in [-0.2, 0) is 9.84 Å². The van der Waals surface area contributed by atoms with Crippen molar-refractivity contribution in [3.63, 3.8) is 0 Å². The van der Waals surface area contributed by atoms with E-state index in [-0.39, 0.29) is 12.2 Å². The molecule has 1 aromatic carbocycles. The maximum Gasteiger partial charge on any atom is 0.175 e. The first-order valence-corrected chi connectivity index (χ1v) is 8.04. The van der Waals surface area contributed by atoms with Gasteiger partial charge in [-0.1, -0.05) is 49.2 Å². The van der Waals surface area contributed by atoms with E-state index in [0.29, 0.717) is 10.6 Å². The summed E-state index contributed by atoms with van der Waals surface area (Å²) >= 11 is 12.0. The Morgan fingerprint density at radius 1 is 1.39 bits per heavy atom. The summed E-state index contributed by atoms with van der Waals surface area (Å²) in [4.78, 5) is 0. The third-order valence-corrected chi connectivity index (χ3v) is 6.67. The van der Waals surface area contributed by atoms with Crippen LogP contribution in [0.3, 0.4) is 0 Å². The molecule has 18 heavy (non-hydrogen) atoms. The van der Waals surface area contributed by atoms with E-state index in [1.54, 1.807) is 25.1 Å². The molecule has 0 amide bonds. The van der Waals surface area contributed by atoms with Gasteiger partial charge in [-0.25, -0.2) is 8.42 Å². The highest BCUT2D eigenvalue weighted by Gasteiger charge is 2.46. The van der Waals surface area contributed by atoms with Crippen LogP contribution in [0.5, 0.6) is 0 Å². The van der Waals surface area contributed by atoms with Crippen LogP contribution in [0, 0.1) is 0 Å². The standard InChI is InChI=1S/C12H16Cl2O3S/c1-3-12(14,18(16,17)4-2)11(15)9-6-5-7-10(13)8-9/h5-8,11,15H,3-4H2,1-2H3/t11-,12+/m1/s1. The summed E-state index contributed by atoms with van der Waals surface area (Å²) in [5.41, 5.74) is 0.399. The largest absolute Gasteiger partial charge is 0.385 e. The number of sulfone groups is 1. The van der Waals surface area contributed by atoms with E-state index >= 15 is 0 Å². The third-order valence-electron chi connectivity index (χ3n) is 2.95. The Morgan fingerprint density at radius 2 is 2.00 bits per heavy atom. The first-order chi connectivity index (χ1) is 8.28. The Labute approximate surface area is 118 Å². The smallest absolute Gasteiger partial charge is 0.175 e. The minimum Gasteiger partial charge on any atom is -0.385 e. The van der Waals surface area contributed by atoms with E-state index in [4.69, 9.17) is 23.2 Å². The lowest BCUT2D eigenvalue weighted by atomic mass is 10.0. The van der Waals surface area contributed by atoms with E-state index in [1.165, 1.54) is 13.0 Å². The Bertz CT molecular complexity index is 516. The van der Waals surface area contributed by atoms with Crippen LogP contribution < -0.4 is 0 Å². The maximum absolute atomic E-state index is 12.0. The molecule has 0 fully saturated rings. The molecule has 0 aliphatic rings. The average Bonchev–Trinajstić information content (AvgIpc) is 2.36. The Balaban J connectivity index is 3.26. The van der Waals surface area contributed by atoms with Gasteiger partial charge in [0.1, 0.15) is 6.10 Å². The molecule has 6 heteroatoms. The summed E-state index contributed by atoms with van der Waals surface area (Å²) < 4.78 is 22.3. The minimum absolute atomic E-state index is 0.110. The van der Waals surface area contributed by atoms with Gasteiger partial charge in [0.2, 0.25) is 0 Å². The van der Waals surface area contributed by atoms with E-state index in [2.05, 4.69) is 0 Å². The molecule has 0 spiro atoms. The first-order valence-electron chi connectivity index (χ1n) is 5.63. The highest BCUT2D eigenvalue weighted by Crippen LogP contribution is 2.40. The van der Waals surface area contributed by atoms with Gasteiger partial charge in [0, 0.05) is 10.8 Å². The minimum atomic E-state index is -3.60. The number of benzene rings is 1. The zero-order valence-corrected chi connectivity index (χ0v) is 12.6. The predicted molar refractivity (Wildman–Crippen MR) is 74.7 cm³/mol. The quantitative estimate of drug-likeness (QED) is 0.850. The molecular weight excluding hydrogens is 295 g/mol. The zero-order valence-electron chi connectivity index (χ0n) is 10.2. The second kappa shape index (κ2) is 5.78. The second-order valence-corrected chi connectivity index (χ2v) is 7.87. The lowest BCUT2D eigenvalue weighted by Gasteiger charge is -2.30. The fourth-order valence-electron chi connectivity index (χ4n) is 1.75. The number of hydrogen-bond acceptors (Lipinski definition) is 3. The molecular formula is C12H16Cl2O3S. The lowest BCUT2D eigenvalue weighted by Crippen LogP contribution is -2.39. The van der Waals surface area contributed by atoms with Gasteiger partial charge in [0.25, 0.3) is 0 Å². The predicted octanol–water partition coefficient (Wildman–Crippen LogP) is 3.15. The Kier molecular flexibility index (Phi) is 5.06. The molecule has 0 aliphatic heterocycles. The Morgan fingerprint density at radius 3 is 2.44 bits per heavy atom. The molecule has 102 valence electrons. The van der Waals surface area contributed by atoms with Gasteiger partial charge in [-0.15, -0.1) is 0 Å². The summed E-state index contributed by atoms with van der Waals surface area (Å²) in [6.45, 7) is 3.14. The van der Waals surface area contributed by atoms with Gasteiger partial charge >= 0.3 is 0 Å². The summed E-state index contributed by atoms with van der Waals surface area (Å²) in [5.74, 6) is -0.123. The molecule has 0 heterocycles. The molecule has 0 aliphatic carbocycles. The van der Waals surface area contributed by atoms with Crippen molar-refractivity contribution in [1.29, 1.82) is 0 Å². The fraction of sp³-hybridized carbons (Fsp3) is 0.500. The Hall–Kier alpha value is -0.290. The second-order valence-electron chi connectivity index (χ2n) is 4.00. The van der Waals surface area contributed by atoms with E-state index in [0.717, 1.165) is 0 Å². The van der Waals surface area contributed by atoms with Crippen LogP contribution >= 0.6 is 23.2 Å². The van der Waals surface area contributed by atoms with Crippen LogP contribution in [0.4, 0.5) is 0 Å². The normalized spacial score (nSPS) is 17.2. The van der Waals surface area contributed by atoms with Crippen molar-refractivity contribution >= 4 is 33.0 Å². The van der Waals surface area contributed by atoms with Crippen LogP contribution in [0.15, 0.2) is 24.3 Å². The highest BCUT2D eigenvalue weighted by atomic mass is 35.5. The van der Waals surface area contributed by atoms with Crippen molar-refractivity contribution in [3.8, 4) is 0 Å². The lowest BCUT2D eigenvalue weighted by molar-refractivity contribution is 0.154. The van der Waals surface area contributed by atoms with Crippen molar-refractivity contribution in [2.24, 2.45) is 0 Å². The summed E-state index contributed by atoms with van der Waals surface area (Å²) in [5, 5.41) is 10.7. The SMILES string of the molecule is CC[C@@](Cl)([C@H](O)c1cccc(Cl)c1)S(=O)(=O)CC. The average molecular weight is 311 g/mol. The highest BCUT2D eigenvalue weighted by molar-refractivity contribution is 7.94. The molecule has 0 unspecified atom stereocenters. The number of alkyl halides is 1. The number of aliphatic hydroxyl groups excluding tert-OH is 1. The van der Waals surface area contributed by atoms with E-state index in [9.17, 15) is 13.5 Å². The summed E-state index contributed by atoms with van der Waals surface area (Å²) in [6.07, 6.45) is -1.20. The molecule has 1 N–H and O–H groups in total. The monoisotopic (exact) mass is 310 g/mol. The zero-order chi connectivity index (χ0) is 14.0. The molecule has 1 rings (SSSR count). The fourth-order valence-corrected chi connectivity index (χ4v) is 3.80. The van der Waals surface area contributed by atoms with Crippen LogP contribution in [-0.4, -0.2) is 23.5 Å². The van der Waals surface area contributed by atoms with Crippen molar-refractivity contribution in [3.05, 3.63) is 34.9 Å². The number of halogens is 2. The molecule has 1 aromatic rings. The maximum atomic E-state index is 12.0. The molecule has 0 aromatic heterocycles. The third kappa shape index (κ3) is 2.82. The van der Waals surface area contributed by atoms with Crippen molar-refractivity contribution < 1.29 is 13.5 Å². The topological polar surface area (TPSA) is 54.4 Å². The number of hydrogen-bond donors (Lipinski definition) is 1. The number of aliphatic hydroxyl groups is 1. The van der Waals surface area contributed by atoms with Crippen LogP contribution in [0.25, 0.3) is 0 Å². The van der Waals surface area contributed by atoms with E-state index < -0.39 is 20.1 Å². The van der Waals surface area contributed by atoms with Crippen molar-refractivity contribution in [1.82, 2.24) is 0 Å². The molecule has 0 saturated heterocycles. The van der Waals surface area contributed by atoms with Gasteiger partial charge in [-0.2, -0.15) is 0 Å². The van der Waals surface area contributed by atoms with Gasteiger partial charge in [-0.3, -0.25) is 0 Å². The number of rotatable bonds is 5.